The van der Waals surface area contributed by atoms with E-state index in [0.717, 1.165) is 11.8 Å². The number of benzene rings is 1. The van der Waals surface area contributed by atoms with Crippen LogP contribution in [0.3, 0.4) is 0 Å². The third-order valence-corrected chi connectivity index (χ3v) is 4.23. The number of hydrogen-bond acceptors (Lipinski definition) is 4. The summed E-state index contributed by atoms with van der Waals surface area (Å²) in [7, 11) is 0. The number of halogens is 2. The van der Waals surface area contributed by atoms with Crippen molar-refractivity contribution in [3.05, 3.63) is 34.1 Å². The van der Waals surface area contributed by atoms with Crippen LogP contribution in [-0.2, 0) is 4.79 Å². The third-order valence-electron chi connectivity index (χ3n) is 2.64. The molecule has 1 aromatic carbocycles. The molecule has 0 aromatic heterocycles. The number of nitrogens with one attached hydrogen (secondary N) is 2. The fourth-order valence-electron chi connectivity index (χ4n) is 1.65. The first kappa shape index (κ1) is 16.0. The molecule has 0 atom stereocenters. The van der Waals surface area contributed by atoms with Gasteiger partial charge in [0, 0.05) is 23.2 Å². The van der Waals surface area contributed by atoms with Crippen LogP contribution in [0, 0.1) is 5.82 Å². The lowest BCUT2D eigenvalue weighted by molar-refractivity contribution is -0.119. The fourth-order valence-corrected chi connectivity index (χ4v) is 2.82. The standard InChI is InChI=1S/C13H13BrFN3O2S/c14-10-2-1-8(15)7-9(10)12(20)16-4-3-11(19)18-13-17-5-6-21-13/h1-2,7H,3-6H2,(H,16,20)(H,17,18,19). The molecule has 2 rings (SSSR count). The second kappa shape index (κ2) is 7.56. The highest BCUT2D eigenvalue weighted by atomic mass is 79.9. The van der Waals surface area contributed by atoms with Gasteiger partial charge in [-0.25, -0.2) is 4.39 Å². The Balaban J connectivity index is 1.78. The van der Waals surface area contributed by atoms with Crippen molar-refractivity contribution in [1.29, 1.82) is 0 Å². The van der Waals surface area contributed by atoms with Crippen molar-refractivity contribution in [2.45, 2.75) is 6.42 Å². The van der Waals surface area contributed by atoms with Gasteiger partial charge in [-0.3, -0.25) is 14.6 Å². The first-order chi connectivity index (χ1) is 10.1. The van der Waals surface area contributed by atoms with Gasteiger partial charge in [0.15, 0.2) is 5.17 Å². The molecule has 0 radical (unpaired) electrons. The van der Waals surface area contributed by atoms with E-state index >= 15 is 0 Å². The molecule has 1 heterocycles. The van der Waals surface area contributed by atoms with Crippen molar-refractivity contribution in [3.63, 3.8) is 0 Å². The predicted molar refractivity (Wildman–Crippen MR) is 84.0 cm³/mol. The fraction of sp³-hybridized carbons (Fsp3) is 0.308. The maximum atomic E-state index is 13.1. The average Bonchev–Trinajstić information content (AvgIpc) is 2.94. The maximum absolute atomic E-state index is 13.1. The normalized spacial score (nSPS) is 13.7. The van der Waals surface area contributed by atoms with Gasteiger partial charge in [0.2, 0.25) is 5.91 Å². The lowest BCUT2D eigenvalue weighted by atomic mass is 10.2. The van der Waals surface area contributed by atoms with Crippen molar-refractivity contribution in [2.24, 2.45) is 4.99 Å². The molecule has 0 saturated carbocycles. The monoisotopic (exact) mass is 373 g/mol. The second-order valence-electron chi connectivity index (χ2n) is 4.21. The summed E-state index contributed by atoms with van der Waals surface area (Å²) >= 11 is 4.68. The van der Waals surface area contributed by atoms with Crippen molar-refractivity contribution < 1.29 is 14.0 Å². The molecule has 2 N–H and O–H groups in total. The molecule has 0 spiro atoms. The molecule has 2 amide bonds. The van der Waals surface area contributed by atoms with Gasteiger partial charge in [0.1, 0.15) is 5.82 Å². The number of aliphatic imine (C=N–C) groups is 1. The van der Waals surface area contributed by atoms with Gasteiger partial charge in [-0.05, 0) is 34.1 Å². The summed E-state index contributed by atoms with van der Waals surface area (Å²) in [6.07, 6.45) is 0.137. The SMILES string of the molecule is O=C(CCNC(=O)c1cc(F)ccc1Br)NC1=NCCS1. The van der Waals surface area contributed by atoms with Crippen LogP contribution in [0.1, 0.15) is 16.8 Å². The molecule has 0 fully saturated rings. The minimum absolute atomic E-state index is 0.137. The van der Waals surface area contributed by atoms with Crippen molar-refractivity contribution >= 4 is 44.7 Å². The molecule has 1 aliphatic heterocycles. The Labute approximate surface area is 133 Å². The summed E-state index contributed by atoms with van der Waals surface area (Å²) in [6.45, 7) is 0.885. The first-order valence-electron chi connectivity index (χ1n) is 6.26. The lowest BCUT2D eigenvalue weighted by Gasteiger charge is -2.07. The van der Waals surface area contributed by atoms with E-state index < -0.39 is 11.7 Å². The quantitative estimate of drug-likeness (QED) is 0.846. The highest BCUT2D eigenvalue weighted by Crippen LogP contribution is 2.17. The van der Waals surface area contributed by atoms with Crippen molar-refractivity contribution in [1.82, 2.24) is 10.6 Å². The van der Waals surface area contributed by atoms with Crippen LogP contribution in [0.15, 0.2) is 27.7 Å². The molecule has 0 unspecified atom stereocenters. The Kier molecular flexibility index (Phi) is 5.75. The van der Waals surface area contributed by atoms with Crippen LogP contribution < -0.4 is 10.6 Å². The zero-order chi connectivity index (χ0) is 15.2. The number of hydrogen-bond donors (Lipinski definition) is 2. The topological polar surface area (TPSA) is 70.6 Å². The smallest absolute Gasteiger partial charge is 0.252 e. The van der Waals surface area contributed by atoms with Gasteiger partial charge < -0.3 is 10.6 Å². The summed E-state index contributed by atoms with van der Waals surface area (Å²) in [6, 6.07) is 3.87. The summed E-state index contributed by atoms with van der Waals surface area (Å²) < 4.78 is 13.6. The summed E-state index contributed by atoms with van der Waals surface area (Å²) in [5.41, 5.74) is 0.200. The molecule has 112 valence electrons. The van der Waals surface area contributed by atoms with Crippen LogP contribution in [0.5, 0.6) is 0 Å². The summed E-state index contributed by atoms with van der Waals surface area (Å²) in [5.74, 6) is -0.249. The molecule has 21 heavy (non-hydrogen) atoms. The molecule has 8 heteroatoms. The summed E-state index contributed by atoms with van der Waals surface area (Å²) in [5, 5.41) is 5.87. The van der Waals surface area contributed by atoms with E-state index in [0.29, 0.717) is 16.2 Å². The van der Waals surface area contributed by atoms with Crippen LogP contribution in [0.4, 0.5) is 4.39 Å². The van der Waals surface area contributed by atoms with E-state index in [-0.39, 0.29) is 24.4 Å². The Morgan fingerprint density at radius 2 is 2.24 bits per heavy atom. The highest BCUT2D eigenvalue weighted by Gasteiger charge is 2.13. The zero-order valence-corrected chi connectivity index (χ0v) is 13.4. The van der Waals surface area contributed by atoms with Crippen LogP contribution >= 0.6 is 27.7 Å². The summed E-state index contributed by atoms with van der Waals surface area (Å²) in [4.78, 5) is 27.6. The van der Waals surface area contributed by atoms with Gasteiger partial charge in [-0.2, -0.15) is 0 Å². The van der Waals surface area contributed by atoms with E-state index in [2.05, 4.69) is 31.6 Å². The minimum Gasteiger partial charge on any atom is -0.351 e. The van der Waals surface area contributed by atoms with Crippen LogP contribution in [-0.4, -0.2) is 35.8 Å². The molecular formula is C13H13BrFN3O2S. The van der Waals surface area contributed by atoms with E-state index in [4.69, 9.17) is 0 Å². The van der Waals surface area contributed by atoms with Crippen LogP contribution in [0.25, 0.3) is 0 Å². The number of nitrogens with zero attached hydrogens (tertiary/aromatic N) is 1. The van der Waals surface area contributed by atoms with Gasteiger partial charge in [-0.1, -0.05) is 11.8 Å². The number of amides is 2. The van der Waals surface area contributed by atoms with Crippen LogP contribution in [0.2, 0.25) is 0 Å². The van der Waals surface area contributed by atoms with Gasteiger partial charge in [0.05, 0.1) is 12.1 Å². The zero-order valence-electron chi connectivity index (χ0n) is 11.0. The lowest BCUT2D eigenvalue weighted by Crippen LogP contribution is -2.32. The number of amidine groups is 1. The number of carbonyl (C=O) groups is 2. The molecule has 5 nitrogen and oxygen atoms in total. The number of thioether (sulfide) groups is 1. The average molecular weight is 374 g/mol. The van der Waals surface area contributed by atoms with E-state index in [1.165, 1.54) is 23.9 Å². The predicted octanol–water partition coefficient (Wildman–Crippen LogP) is 1.93. The molecule has 0 aliphatic carbocycles. The molecule has 0 bridgehead atoms. The molecule has 0 saturated heterocycles. The van der Waals surface area contributed by atoms with E-state index in [1.807, 2.05) is 0 Å². The van der Waals surface area contributed by atoms with E-state index in [9.17, 15) is 14.0 Å². The van der Waals surface area contributed by atoms with E-state index in [1.54, 1.807) is 0 Å². The number of rotatable bonds is 4. The van der Waals surface area contributed by atoms with Crippen molar-refractivity contribution in [2.75, 3.05) is 18.8 Å². The Bertz CT molecular complexity index is 595. The van der Waals surface area contributed by atoms with Gasteiger partial charge >= 0.3 is 0 Å². The second-order valence-corrected chi connectivity index (χ2v) is 6.15. The Morgan fingerprint density at radius 3 is 2.95 bits per heavy atom. The minimum atomic E-state index is -0.489. The van der Waals surface area contributed by atoms with Crippen molar-refractivity contribution in [3.8, 4) is 0 Å². The van der Waals surface area contributed by atoms with Gasteiger partial charge in [-0.15, -0.1) is 0 Å². The highest BCUT2D eigenvalue weighted by molar-refractivity contribution is 9.10. The Hall–Kier alpha value is -1.41. The van der Waals surface area contributed by atoms with Gasteiger partial charge in [0.25, 0.3) is 5.91 Å². The third kappa shape index (κ3) is 4.82. The largest absolute Gasteiger partial charge is 0.351 e. The number of carbonyl (C=O) groups excluding carboxylic acids is 2. The Morgan fingerprint density at radius 1 is 1.43 bits per heavy atom. The first-order valence-corrected chi connectivity index (χ1v) is 8.04. The molecule has 1 aromatic rings. The molecular weight excluding hydrogens is 361 g/mol. The molecule has 1 aliphatic rings. The maximum Gasteiger partial charge on any atom is 0.252 e.